The second-order valence-corrected chi connectivity index (χ2v) is 4.11. The molecule has 0 aliphatic rings. The summed E-state index contributed by atoms with van der Waals surface area (Å²) in [5.41, 5.74) is 0. The van der Waals surface area contributed by atoms with E-state index in [1.54, 1.807) is 24.5 Å². The van der Waals surface area contributed by atoms with Crippen LogP contribution < -0.4 is 10.6 Å². The zero-order valence-corrected chi connectivity index (χ0v) is 12.1. The molecule has 2 aromatic rings. The van der Waals surface area contributed by atoms with Crippen molar-refractivity contribution < 1.29 is 0 Å². The highest BCUT2D eigenvalue weighted by atomic mass is 15.0. The summed E-state index contributed by atoms with van der Waals surface area (Å²) in [6.45, 7) is 1.10. The van der Waals surface area contributed by atoms with Crippen molar-refractivity contribution in [3.8, 4) is 23.7 Å². The van der Waals surface area contributed by atoms with Crippen LogP contribution in [0.15, 0.2) is 60.9 Å². The Kier molecular flexibility index (Phi) is 6.63. The Morgan fingerprint density at radius 2 is 1.27 bits per heavy atom. The van der Waals surface area contributed by atoms with Crippen molar-refractivity contribution >= 4 is 11.6 Å². The van der Waals surface area contributed by atoms with E-state index in [2.05, 4.69) is 44.3 Å². The summed E-state index contributed by atoms with van der Waals surface area (Å²) < 4.78 is 0. The van der Waals surface area contributed by atoms with Crippen LogP contribution >= 0.6 is 0 Å². The average Bonchev–Trinajstić information content (AvgIpc) is 2.58. The fourth-order valence-electron chi connectivity index (χ4n) is 1.51. The van der Waals surface area contributed by atoms with E-state index in [1.165, 1.54) is 0 Å². The van der Waals surface area contributed by atoms with Crippen LogP contribution in [0.5, 0.6) is 0 Å². The number of rotatable bonds is 4. The lowest BCUT2D eigenvalue weighted by Gasteiger charge is -1.98. The SMILES string of the molecule is C(#CCNc1ccccn1)C=CC#CCNc1ccccn1. The van der Waals surface area contributed by atoms with Crippen molar-refractivity contribution in [3.63, 3.8) is 0 Å². The fourth-order valence-corrected chi connectivity index (χ4v) is 1.51. The number of hydrogen-bond donors (Lipinski definition) is 2. The second-order valence-electron chi connectivity index (χ2n) is 4.11. The predicted octanol–water partition coefficient (Wildman–Crippen LogP) is 2.56. The quantitative estimate of drug-likeness (QED) is 0.849. The maximum absolute atomic E-state index is 4.14. The van der Waals surface area contributed by atoms with Gasteiger partial charge in [0.2, 0.25) is 0 Å². The van der Waals surface area contributed by atoms with Gasteiger partial charge in [-0.15, -0.1) is 0 Å². The average molecular weight is 288 g/mol. The molecule has 22 heavy (non-hydrogen) atoms. The summed E-state index contributed by atoms with van der Waals surface area (Å²) in [6.07, 6.45) is 6.94. The van der Waals surface area contributed by atoms with E-state index in [-0.39, 0.29) is 0 Å². The van der Waals surface area contributed by atoms with Crippen LogP contribution in [0.3, 0.4) is 0 Å². The minimum atomic E-state index is 0.552. The summed E-state index contributed by atoms with van der Waals surface area (Å²) in [7, 11) is 0. The lowest BCUT2D eigenvalue weighted by Crippen LogP contribution is -1.99. The molecule has 0 fully saturated rings. The van der Waals surface area contributed by atoms with Gasteiger partial charge in [-0.1, -0.05) is 35.8 Å². The minimum Gasteiger partial charge on any atom is -0.359 e. The van der Waals surface area contributed by atoms with Crippen LogP contribution in [-0.2, 0) is 0 Å². The van der Waals surface area contributed by atoms with Gasteiger partial charge in [-0.25, -0.2) is 9.97 Å². The van der Waals surface area contributed by atoms with Gasteiger partial charge in [0.05, 0.1) is 13.1 Å². The monoisotopic (exact) mass is 288 g/mol. The predicted molar refractivity (Wildman–Crippen MR) is 90.1 cm³/mol. The number of anilines is 2. The highest BCUT2D eigenvalue weighted by Crippen LogP contribution is 1.98. The topological polar surface area (TPSA) is 49.8 Å². The lowest BCUT2D eigenvalue weighted by atomic mass is 10.4. The molecule has 2 aromatic heterocycles. The van der Waals surface area contributed by atoms with Gasteiger partial charge < -0.3 is 10.6 Å². The van der Waals surface area contributed by atoms with E-state index in [9.17, 15) is 0 Å². The third-order valence-electron chi connectivity index (χ3n) is 2.50. The van der Waals surface area contributed by atoms with E-state index >= 15 is 0 Å². The van der Waals surface area contributed by atoms with E-state index in [0.717, 1.165) is 11.6 Å². The first-order valence-corrected chi connectivity index (χ1v) is 6.87. The van der Waals surface area contributed by atoms with E-state index in [0.29, 0.717) is 13.1 Å². The molecule has 2 N–H and O–H groups in total. The van der Waals surface area contributed by atoms with Gasteiger partial charge in [0.15, 0.2) is 0 Å². The van der Waals surface area contributed by atoms with Crippen LogP contribution in [0.1, 0.15) is 0 Å². The summed E-state index contributed by atoms with van der Waals surface area (Å²) in [4.78, 5) is 8.28. The second kappa shape index (κ2) is 9.63. The molecule has 0 unspecified atom stereocenters. The van der Waals surface area contributed by atoms with Crippen molar-refractivity contribution in [2.24, 2.45) is 0 Å². The number of aromatic nitrogens is 2. The van der Waals surface area contributed by atoms with Gasteiger partial charge in [0.1, 0.15) is 11.6 Å². The molecular weight excluding hydrogens is 272 g/mol. The zero-order valence-electron chi connectivity index (χ0n) is 12.1. The molecule has 0 spiro atoms. The molecule has 2 rings (SSSR count). The van der Waals surface area contributed by atoms with Gasteiger partial charge in [-0.05, 0) is 36.4 Å². The highest BCUT2D eigenvalue weighted by molar-refractivity contribution is 5.37. The third kappa shape index (κ3) is 6.27. The first kappa shape index (κ1) is 15.2. The third-order valence-corrected chi connectivity index (χ3v) is 2.50. The van der Waals surface area contributed by atoms with Crippen molar-refractivity contribution in [2.45, 2.75) is 0 Å². The van der Waals surface area contributed by atoms with Crippen molar-refractivity contribution in [1.82, 2.24) is 9.97 Å². The van der Waals surface area contributed by atoms with Crippen LogP contribution in [-0.4, -0.2) is 23.1 Å². The highest BCUT2D eigenvalue weighted by Gasteiger charge is 1.86. The van der Waals surface area contributed by atoms with Crippen molar-refractivity contribution in [2.75, 3.05) is 23.7 Å². The summed E-state index contributed by atoms with van der Waals surface area (Å²) in [5.74, 6) is 13.4. The van der Waals surface area contributed by atoms with E-state index in [1.807, 2.05) is 36.4 Å². The molecule has 0 aliphatic heterocycles. The number of pyridine rings is 2. The van der Waals surface area contributed by atoms with Crippen molar-refractivity contribution in [1.29, 1.82) is 0 Å². The summed E-state index contributed by atoms with van der Waals surface area (Å²) in [5, 5.41) is 6.20. The van der Waals surface area contributed by atoms with Gasteiger partial charge in [0, 0.05) is 12.4 Å². The Morgan fingerprint density at radius 3 is 1.68 bits per heavy atom. The first-order valence-electron chi connectivity index (χ1n) is 6.87. The standard InChI is InChI=1S/C18H16N4/c1(3-7-13-19-17-11-5-9-15-21-17)2-4-8-14-20-18-12-6-10-16-22-18/h1-2,5-6,9-12,15-16H,13-14H2,(H,19,21)(H,20,22). The maximum Gasteiger partial charge on any atom is 0.126 e. The van der Waals surface area contributed by atoms with Crippen LogP contribution in [0.25, 0.3) is 0 Å². The Balaban J connectivity index is 1.62. The number of nitrogens with one attached hydrogen (secondary N) is 2. The molecule has 0 aromatic carbocycles. The molecule has 0 aliphatic carbocycles. The van der Waals surface area contributed by atoms with E-state index < -0.39 is 0 Å². The molecule has 0 bridgehead atoms. The first-order chi connectivity index (χ1) is 10.9. The number of hydrogen-bond acceptors (Lipinski definition) is 4. The molecular formula is C18H16N4. The van der Waals surface area contributed by atoms with Gasteiger partial charge >= 0.3 is 0 Å². The molecule has 2 heterocycles. The molecule has 4 nitrogen and oxygen atoms in total. The fraction of sp³-hybridized carbons (Fsp3) is 0.111. The normalized spacial score (nSPS) is 9.27. The van der Waals surface area contributed by atoms with Gasteiger partial charge in [-0.3, -0.25) is 0 Å². The number of allylic oxidation sites excluding steroid dienone is 2. The lowest BCUT2D eigenvalue weighted by molar-refractivity contribution is 1.24. The Labute approximate surface area is 130 Å². The van der Waals surface area contributed by atoms with E-state index in [4.69, 9.17) is 0 Å². The molecule has 4 heteroatoms. The summed E-state index contributed by atoms with van der Waals surface area (Å²) in [6, 6.07) is 11.4. The molecule has 0 amide bonds. The number of nitrogens with zero attached hydrogens (tertiary/aromatic N) is 2. The Morgan fingerprint density at radius 1 is 0.773 bits per heavy atom. The zero-order chi connectivity index (χ0) is 15.3. The van der Waals surface area contributed by atoms with Crippen LogP contribution in [0.4, 0.5) is 11.6 Å². The molecule has 0 atom stereocenters. The van der Waals surface area contributed by atoms with Crippen LogP contribution in [0, 0.1) is 23.7 Å². The Bertz CT molecular complexity index is 637. The molecule has 0 radical (unpaired) electrons. The van der Waals surface area contributed by atoms with Gasteiger partial charge in [-0.2, -0.15) is 0 Å². The maximum atomic E-state index is 4.14. The van der Waals surface area contributed by atoms with Crippen molar-refractivity contribution in [3.05, 3.63) is 60.9 Å². The smallest absolute Gasteiger partial charge is 0.126 e. The minimum absolute atomic E-state index is 0.552. The van der Waals surface area contributed by atoms with Crippen LogP contribution in [0.2, 0.25) is 0 Å². The summed E-state index contributed by atoms with van der Waals surface area (Å²) >= 11 is 0. The largest absolute Gasteiger partial charge is 0.359 e. The Hall–Kier alpha value is -3.24. The molecule has 0 saturated heterocycles. The van der Waals surface area contributed by atoms with Gasteiger partial charge in [0.25, 0.3) is 0 Å². The molecule has 108 valence electrons. The molecule has 0 saturated carbocycles.